The first-order chi connectivity index (χ1) is 17.8. The van der Waals surface area contributed by atoms with Crippen molar-refractivity contribution in [3.63, 3.8) is 0 Å². The summed E-state index contributed by atoms with van der Waals surface area (Å²) in [6, 6.07) is 18.9. The molecule has 3 aromatic carbocycles. The molecule has 10 heteroatoms. The Morgan fingerprint density at radius 1 is 1.03 bits per heavy atom. The summed E-state index contributed by atoms with van der Waals surface area (Å²) in [4.78, 5) is 17.0. The number of carbonyl (C=O) groups is 1. The molecule has 196 valence electrons. The van der Waals surface area contributed by atoms with Crippen LogP contribution in [0.4, 0.5) is 10.1 Å². The van der Waals surface area contributed by atoms with Crippen molar-refractivity contribution in [1.29, 1.82) is 0 Å². The third kappa shape index (κ3) is 6.60. The molecule has 3 aromatic rings. The van der Waals surface area contributed by atoms with Gasteiger partial charge < -0.3 is 14.5 Å². The predicted molar refractivity (Wildman–Crippen MR) is 142 cm³/mol. The van der Waals surface area contributed by atoms with Gasteiger partial charge in [-0.2, -0.15) is 4.72 Å². The number of sulfonamides is 1. The number of benzene rings is 3. The molecule has 1 atom stereocenters. The molecular weight excluding hydrogens is 517 g/mol. The third-order valence-electron chi connectivity index (χ3n) is 6.18. The first kappa shape index (κ1) is 26.9. The molecule has 1 unspecified atom stereocenters. The summed E-state index contributed by atoms with van der Waals surface area (Å²) in [5.74, 6) is -0.267. The number of anilines is 1. The molecule has 0 aromatic heterocycles. The highest BCUT2D eigenvalue weighted by Gasteiger charge is 2.32. The number of nitrogens with zero attached hydrogens (tertiary/aromatic N) is 2. The lowest BCUT2D eigenvalue weighted by Gasteiger charge is -2.37. The van der Waals surface area contributed by atoms with Gasteiger partial charge in [0.15, 0.2) is 0 Å². The third-order valence-corrected chi connectivity index (χ3v) is 7.94. The maximum atomic E-state index is 14.2. The summed E-state index contributed by atoms with van der Waals surface area (Å²) in [5.41, 5.74) is 1.31. The van der Waals surface area contributed by atoms with Gasteiger partial charge in [0.25, 0.3) is 0 Å². The van der Waals surface area contributed by atoms with E-state index in [1.807, 2.05) is 35.2 Å². The van der Waals surface area contributed by atoms with Crippen LogP contribution in [0.2, 0.25) is 5.02 Å². The fourth-order valence-electron chi connectivity index (χ4n) is 4.30. The van der Waals surface area contributed by atoms with Gasteiger partial charge in [0, 0.05) is 26.2 Å². The van der Waals surface area contributed by atoms with E-state index in [2.05, 4.69) is 4.72 Å². The minimum Gasteiger partial charge on any atom is -0.492 e. The van der Waals surface area contributed by atoms with E-state index < -0.39 is 16.1 Å². The average Bonchev–Trinajstić information content (AvgIpc) is 2.90. The van der Waals surface area contributed by atoms with Crippen molar-refractivity contribution >= 4 is 33.2 Å². The topological polar surface area (TPSA) is 78.9 Å². The van der Waals surface area contributed by atoms with Gasteiger partial charge in [-0.3, -0.25) is 4.79 Å². The molecular formula is C27H29ClFN3O4S. The van der Waals surface area contributed by atoms with Crippen LogP contribution in [0.15, 0.2) is 77.7 Å². The summed E-state index contributed by atoms with van der Waals surface area (Å²) in [6.45, 7) is 3.75. The lowest BCUT2D eigenvalue weighted by molar-refractivity contribution is -0.133. The number of halogens is 2. The van der Waals surface area contributed by atoms with Crippen molar-refractivity contribution < 1.29 is 22.3 Å². The SMILES string of the molecule is CCOc1ccc(S(=O)(=O)NC(Cc2ccccc2)C(=O)N2CCN(c3ccccc3F)CC2)cc1Cl. The highest BCUT2D eigenvalue weighted by Crippen LogP contribution is 2.28. The van der Waals surface area contributed by atoms with Crippen molar-refractivity contribution in [1.82, 2.24) is 9.62 Å². The lowest BCUT2D eigenvalue weighted by atomic mass is 10.1. The van der Waals surface area contributed by atoms with Crippen LogP contribution in [0.3, 0.4) is 0 Å². The molecule has 0 saturated carbocycles. The standard InChI is InChI=1S/C27H29ClFN3O4S/c1-2-36-26-13-12-21(19-22(26)28)37(34,35)30-24(18-20-8-4-3-5-9-20)27(33)32-16-14-31(15-17-32)25-11-7-6-10-23(25)29/h3-13,19,24,30H,2,14-18H2,1H3. The van der Waals surface area contributed by atoms with E-state index >= 15 is 0 Å². The van der Waals surface area contributed by atoms with E-state index in [9.17, 15) is 17.6 Å². The van der Waals surface area contributed by atoms with Crippen LogP contribution in [-0.2, 0) is 21.2 Å². The van der Waals surface area contributed by atoms with Gasteiger partial charge >= 0.3 is 0 Å². The van der Waals surface area contributed by atoms with Gasteiger partial charge in [-0.1, -0.05) is 54.1 Å². The zero-order valence-corrected chi connectivity index (χ0v) is 22.0. The molecule has 1 fully saturated rings. The molecule has 0 radical (unpaired) electrons. The monoisotopic (exact) mass is 545 g/mol. The predicted octanol–water partition coefficient (Wildman–Crippen LogP) is 4.12. The van der Waals surface area contributed by atoms with E-state index in [-0.39, 0.29) is 28.1 Å². The maximum Gasteiger partial charge on any atom is 0.241 e. The van der Waals surface area contributed by atoms with Crippen molar-refractivity contribution in [3.05, 3.63) is 89.2 Å². The largest absolute Gasteiger partial charge is 0.492 e. The van der Waals surface area contributed by atoms with E-state index in [1.165, 1.54) is 24.3 Å². The quantitative estimate of drug-likeness (QED) is 0.438. The van der Waals surface area contributed by atoms with Gasteiger partial charge in [0.1, 0.15) is 17.6 Å². The Balaban J connectivity index is 1.52. The van der Waals surface area contributed by atoms with Gasteiger partial charge in [-0.25, -0.2) is 12.8 Å². The van der Waals surface area contributed by atoms with E-state index in [4.69, 9.17) is 16.3 Å². The van der Waals surface area contributed by atoms with E-state index in [1.54, 1.807) is 30.0 Å². The number of piperazine rings is 1. The number of nitrogens with one attached hydrogen (secondary N) is 1. The van der Waals surface area contributed by atoms with Crippen molar-refractivity contribution in [2.75, 3.05) is 37.7 Å². The van der Waals surface area contributed by atoms with Crippen LogP contribution in [0.25, 0.3) is 0 Å². The molecule has 0 bridgehead atoms. The summed E-state index contributed by atoms with van der Waals surface area (Å²) in [5, 5.41) is 0.167. The number of carbonyl (C=O) groups excluding carboxylic acids is 1. The normalized spacial score (nSPS) is 14.9. The van der Waals surface area contributed by atoms with Gasteiger partial charge in [0.2, 0.25) is 15.9 Å². The molecule has 1 amide bonds. The Morgan fingerprint density at radius 3 is 2.35 bits per heavy atom. The second-order valence-electron chi connectivity index (χ2n) is 8.65. The zero-order chi connectivity index (χ0) is 26.4. The molecule has 7 nitrogen and oxygen atoms in total. The summed E-state index contributed by atoms with van der Waals surface area (Å²) in [6.07, 6.45) is 0.178. The number of hydrogen-bond acceptors (Lipinski definition) is 5. The van der Waals surface area contributed by atoms with Gasteiger partial charge in [0.05, 0.1) is 22.2 Å². The minimum atomic E-state index is -4.07. The molecule has 1 N–H and O–H groups in total. The summed E-state index contributed by atoms with van der Waals surface area (Å²) < 4.78 is 48.8. The van der Waals surface area contributed by atoms with Gasteiger partial charge in [-0.05, 0) is 49.2 Å². The summed E-state index contributed by atoms with van der Waals surface area (Å²) in [7, 11) is -4.07. The molecule has 4 rings (SSSR count). The van der Waals surface area contributed by atoms with Crippen LogP contribution >= 0.6 is 11.6 Å². The number of hydrogen-bond donors (Lipinski definition) is 1. The number of rotatable bonds is 9. The molecule has 0 aliphatic carbocycles. The fourth-order valence-corrected chi connectivity index (χ4v) is 5.82. The van der Waals surface area contributed by atoms with Crippen LogP contribution in [0, 0.1) is 5.82 Å². The molecule has 0 spiro atoms. The Kier molecular flexibility index (Phi) is 8.68. The molecule has 1 aliphatic heterocycles. The minimum absolute atomic E-state index is 0.0591. The Labute approximate surface area is 221 Å². The number of amides is 1. The van der Waals surface area contributed by atoms with Crippen LogP contribution in [-0.4, -0.2) is 58.1 Å². The zero-order valence-electron chi connectivity index (χ0n) is 20.4. The van der Waals surface area contributed by atoms with Crippen LogP contribution in [0.5, 0.6) is 5.75 Å². The molecule has 1 heterocycles. The number of para-hydroxylation sites is 1. The average molecular weight is 546 g/mol. The Morgan fingerprint density at radius 2 is 1.70 bits per heavy atom. The van der Waals surface area contributed by atoms with Crippen LogP contribution < -0.4 is 14.4 Å². The summed E-state index contributed by atoms with van der Waals surface area (Å²) >= 11 is 6.22. The number of ether oxygens (including phenoxy) is 1. The molecule has 1 aliphatic rings. The highest BCUT2D eigenvalue weighted by molar-refractivity contribution is 7.89. The second kappa shape index (κ2) is 11.9. The highest BCUT2D eigenvalue weighted by atomic mass is 35.5. The fraction of sp³-hybridized carbons (Fsp3) is 0.296. The maximum absolute atomic E-state index is 14.2. The van der Waals surface area contributed by atoms with E-state index in [0.29, 0.717) is 44.2 Å². The first-order valence-corrected chi connectivity index (χ1v) is 13.9. The molecule has 37 heavy (non-hydrogen) atoms. The van der Waals surface area contributed by atoms with E-state index in [0.717, 1.165) is 5.56 Å². The Bertz CT molecular complexity index is 1330. The molecule has 1 saturated heterocycles. The van der Waals surface area contributed by atoms with Crippen LogP contribution in [0.1, 0.15) is 12.5 Å². The van der Waals surface area contributed by atoms with Crippen molar-refractivity contribution in [2.45, 2.75) is 24.3 Å². The Hall–Kier alpha value is -3.14. The van der Waals surface area contributed by atoms with Crippen molar-refractivity contribution in [3.8, 4) is 5.75 Å². The first-order valence-electron chi connectivity index (χ1n) is 12.1. The van der Waals surface area contributed by atoms with Crippen molar-refractivity contribution in [2.24, 2.45) is 0 Å². The second-order valence-corrected chi connectivity index (χ2v) is 10.8. The smallest absolute Gasteiger partial charge is 0.241 e. The lowest BCUT2D eigenvalue weighted by Crippen LogP contribution is -2.55. The van der Waals surface area contributed by atoms with Gasteiger partial charge in [-0.15, -0.1) is 0 Å².